The third-order valence-electron chi connectivity index (χ3n) is 3.00. The summed E-state index contributed by atoms with van der Waals surface area (Å²) in [4.78, 5) is 28.1. The Kier molecular flexibility index (Phi) is 5.03. The molecule has 0 radical (unpaired) electrons. The van der Waals surface area contributed by atoms with E-state index in [2.05, 4.69) is 10.3 Å². The number of nitrogens with zero attached hydrogens (tertiary/aromatic N) is 1. The molecule has 0 spiro atoms. The van der Waals surface area contributed by atoms with E-state index in [0.29, 0.717) is 16.2 Å². The smallest absolute Gasteiger partial charge is 0.280 e. The van der Waals surface area contributed by atoms with Crippen molar-refractivity contribution in [3.63, 3.8) is 0 Å². The summed E-state index contributed by atoms with van der Waals surface area (Å²) >= 11 is 7.53. The van der Waals surface area contributed by atoms with Crippen LogP contribution in [-0.2, 0) is 11.4 Å². The van der Waals surface area contributed by atoms with Crippen LogP contribution in [0.5, 0.6) is 0 Å². The molecule has 1 aliphatic heterocycles. The molecule has 1 amide bonds. The number of aliphatic hydroxyl groups excluding tert-OH is 1. The molecule has 0 bridgehead atoms. The van der Waals surface area contributed by atoms with Crippen LogP contribution in [0.2, 0.25) is 5.02 Å². The Morgan fingerprint density at radius 2 is 2.24 bits per heavy atom. The molecule has 21 heavy (non-hydrogen) atoms. The van der Waals surface area contributed by atoms with Gasteiger partial charge in [0, 0.05) is 11.3 Å². The molecule has 5 nitrogen and oxygen atoms in total. The van der Waals surface area contributed by atoms with Crippen LogP contribution in [0.1, 0.15) is 29.8 Å². The van der Waals surface area contributed by atoms with Crippen molar-refractivity contribution in [2.75, 3.05) is 11.1 Å². The predicted molar refractivity (Wildman–Crippen MR) is 85.4 cm³/mol. The van der Waals surface area contributed by atoms with E-state index in [4.69, 9.17) is 11.6 Å². The van der Waals surface area contributed by atoms with Crippen LogP contribution in [0, 0.1) is 0 Å². The average Bonchev–Trinajstić information content (AvgIpc) is 2.87. The zero-order chi connectivity index (χ0) is 15.6. The Bertz CT molecular complexity index is 631. The molecule has 1 heterocycles. The molecule has 0 saturated heterocycles. The summed E-state index contributed by atoms with van der Waals surface area (Å²) in [6.45, 7) is 3.05. The number of aliphatic imine (C=N–C) groups is 1. The number of hydrogen-bond donors (Lipinski definition) is 2. The van der Waals surface area contributed by atoms with Crippen LogP contribution < -0.4 is 5.32 Å². The highest BCUT2D eigenvalue weighted by atomic mass is 35.5. The second-order valence-corrected chi connectivity index (χ2v) is 6.11. The van der Waals surface area contributed by atoms with Gasteiger partial charge in [0.1, 0.15) is 0 Å². The number of amides is 1. The van der Waals surface area contributed by atoms with Crippen LogP contribution in [0.3, 0.4) is 0 Å². The van der Waals surface area contributed by atoms with E-state index in [1.54, 1.807) is 12.1 Å². The Morgan fingerprint density at radius 3 is 2.76 bits per heavy atom. The van der Waals surface area contributed by atoms with Crippen LogP contribution in [0.25, 0.3) is 0 Å². The predicted octanol–water partition coefficient (Wildman–Crippen LogP) is 2.51. The normalized spacial score (nSPS) is 17.5. The molecule has 0 aromatic heterocycles. The minimum Gasteiger partial charge on any atom is -0.392 e. The van der Waals surface area contributed by atoms with Crippen LogP contribution in [0.4, 0.5) is 5.69 Å². The number of benzene rings is 1. The number of thioether (sulfide) groups is 1. The zero-order valence-corrected chi connectivity index (χ0v) is 13.2. The summed E-state index contributed by atoms with van der Waals surface area (Å²) < 4.78 is 0. The van der Waals surface area contributed by atoms with Crippen LogP contribution >= 0.6 is 23.4 Å². The summed E-state index contributed by atoms with van der Waals surface area (Å²) in [5, 5.41) is 12.4. The van der Waals surface area contributed by atoms with Crippen LogP contribution in [-0.4, -0.2) is 33.6 Å². The molecular formula is C14H15ClN2O3S. The largest absolute Gasteiger partial charge is 0.392 e. The van der Waals surface area contributed by atoms with E-state index < -0.39 is 0 Å². The molecule has 1 aromatic rings. The van der Waals surface area contributed by atoms with Crippen molar-refractivity contribution in [2.45, 2.75) is 26.5 Å². The van der Waals surface area contributed by atoms with Gasteiger partial charge in [-0.2, -0.15) is 0 Å². The lowest BCUT2D eigenvalue weighted by Crippen LogP contribution is -2.21. The van der Waals surface area contributed by atoms with Gasteiger partial charge < -0.3 is 10.4 Å². The van der Waals surface area contributed by atoms with Crippen molar-refractivity contribution in [2.24, 2.45) is 4.99 Å². The van der Waals surface area contributed by atoms with E-state index in [9.17, 15) is 14.7 Å². The second kappa shape index (κ2) is 6.60. The third-order valence-corrected chi connectivity index (χ3v) is 4.65. The SMILES string of the molecule is CC(=O)c1ccc(CO)c(Cl)c1NC(=O)C1=NC(C)CS1. The van der Waals surface area contributed by atoms with Gasteiger partial charge in [0.25, 0.3) is 5.91 Å². The number of Topliss-reactive ketones (excluding diaryl/α,β-unsaturated/α-hetero) is 1. The summed E-state index contributed by atoms with van der Waals surface area (Å²) in [6.07, 6.45) is 0. The molecule has 1 atom stereocenters. The maximum atomic E-state index is 12.2. The summed E-state index contributed by atoms with van der Waals surface area (Å²) in [5.74, 6) is 0.155. The molecule has 112 valence electrons. The third kappa shape index (κ3) is 3.45. The maximum absolute atomic E-state index is 12.2. The number of aliphatic hydroxyl groups is 1. The standard InChI is InChI=1S/C14H15ClN2O3S/c1-7-6-21-14(16-7)13(20)17-12-10(8(2)19)4-3-9(5-18)11(12)15/h3-4,7,18H,5-6H2,1-2H3,(H,17,20). The number of carbonyl (C=O) groups is 2. The Hall–Kier alpha value is -1.37. The molecule has 0 fully saturated rings. The summed E-state index contributed by atoms with van der Waals surface area (Å²) in [7, 11) is 0. The van der Waals surface area contributed by atoms with Crippen LogP contribution in [0.15, 0.2) is 17.1 Å². The molecule has 2 N–H and O–H groups in total. The number of nitrogens with one attached hydrogen (secondary N) is 1. The van der Waals surface area contributed by atoms with Gasteiger partial charge in [-0.25, -0.2) is 0 Å². The van der Waals surface area contributed by atoms with Gasteiger partial charge in [-0.3, -0.25) is 14.6 Å². The van der Waals surface area contributed by atoms with Gasteiger partial charge in [0.15, 0.2) is 10.8 Å². The summed E-state index contributed by atoms with van der Waals surface area (Å²) in [5.41, 5.74) is 0.983. The highest BCUT2D eigenvalue weighted by Gasteiger charge is 2.23. The first-order valence-electron chi connectivity index (χ1n) is 6.39. The lowest BCUT2D eigenvalue weighted by Gasteiger charge is -2.13. The van der Waals surface area contributed by atoms with Gasteiger partial charge in [-0.1, -0.05) is 29.4 Å². The molecule has 2 rings (SSSR count). The number of halogens is 1. The second-order valence-electron chi connectivity index (χ2n) is 4.72. The number of anilines is 1. The number of ketones is 1. The van der Waals surface area contributed by atoms with E-state index >= 15 is 0 Å². The van der Waals surface area contributed by atoms with Gasteiger partial charge >= 0.3 is 0 Å². The van der Waals surface area contributed by atoms with Gasteiger partial charge in [-0.05, 0) is 25.5 Å². The van der Waals surface area contributed by atoms with Gasteiger partial charge in [0.05, 0.1) is 23.4 Å². The Labute approximate surface area is 131 Å². The monoisotopic (exact) mass is 326 g/mol. The van der Waals surface area contributed by atoms with Crippen molar-refractivity contribution in [3.8, 4) is 0 Å². The molecular weight excluding hydrogens is 312 g/mol. The number of carbonyl (C=O) groups excluding carboxylic acids is 2. The Balaban J connectivity index is 2.36. The Morgan fingerprint density at radius 1 is 1.52 bits per heavy atom. The zero-order valence-electron chi connectivity index (χ0n) is 11.6. The first kappa shape index (κ1) is 16.0. The van der Waals surface area contributed by atoms with Crippen molar-refractivity contribution in [1.82, 2.24) is 0 Å². The van der Waals surface area contributed by atoms with E-state index in [-0.39, 0.29) is 35.0 Å². The average molecular weight is 327 g/mol. The minimum absolute atomic E-state index is 0.0993. The molecule has 0 aliphatic carbocycles. The van der Waals surface area contributed by atoms with Gasteiger partial charge in [-0.15, -0.1) is 0 Å². The van der Waals surface area contributed by atoms with Crippen molar-refractivity contribution in [1.29, 1.82) is 0 Å². The topological polar surface area (TPSA) is 78.8 Å². The number of hydrogen-bond acceptors (Lipinski definition) is 5. The fourth-order valence-electron chi connectivity index (χ4n) is 1.92. The first-order valence-corrected chi connectivity index (χ1v) is 7.75. The highest BCUT2D eigenvalue weighted by Crippen LogP contribution is 2.31. The number of rotatable bonds is 4. The van der Waals surface area contributed by atoms with Crippen molar-refractivity contribution in [3.05, 3.63) is 28.3 Å². The highest BCUT2D eigenvalue weighted by molar-refractivity contribution is 8.16. The molecule has 1 unspecified atom stereocenters. The molecule has 1 aromatic carbocycles. The molecule has 1 aliphatic rings. The lowest BCUT2D eigenvalue weighted by molar-refractivity contribution is -0.110. The fourth-order valence-corrected chi connectivity index (χ4v) is 3.10. The fraction of sp³-hybridized carbons (Fsp3) is 0.357. The molecule has 0 saturated carbocycles. The van der Waals surface area contributed by atoms with Crippen molar-refractivity contribution < 1.29 is 14.7 Å². The van der Waals surface area contributed by atoms with Crippen molar-refractivity contribution >= 4 is 45.8 Å². The van der Waals surface area contributed by atoms with E-state index in [1.807, 2.05) is 6.92 Å². The summed E-state index contributed by atoms with van der Waals surface area (Å²) in [6, 6.07) is 3.21. The molecule has 7 heteroatoms. The first-order chi connectivity index (χ1) is 9.93. The minimum atomic E-state index is -0.385. The van der Waals surface area contributed by atoms with Gasteiger partial charge in [0.2, 0.25) is 0 Å². The lowest BCUT2D eigenvalue weighted by atomic mass is 10.1. The maximum Gasteiger partial charge on any atom is 0.280 e. The van der Waals surface area contributed by atoms with E-state index in [1.165, 1.54) is 18.7 Å². The van der Waals surface area contributed by atoms with E-state index in [0.717, 1.165) is 5.75 Å². The quantitative estimate of drug-likeness (QED) is 0.833.